The Morgan fingerprint density at radius 3 is 2.38 bits per heavy atom. The van der Waals surface area contributed by atoms with Crippen LogP contribution in [0.15, 0.2) is 60.7 Å². The third-order valence-electron chi connectivity index (χ3n) is 7.84. The molecular formula is C31H29FN6O4. The van der Waals surface area contributed by atoms with E-state index in [9.17, 15) is 18.8 Å². The highest BCUT2D eigenvalue weighted by molar-refractivity contribution is 6.02. The molecule has 0 aromatic heterocycles. The van der Waals surface area contributed by atoms with Crippen LogP contribution in [0.4, 0.5) is 14.9 Å². The van der Waals surface area contributed by atoms with Crippen molar-refractivity contribution in [1.29, 1.82) is 5.26 Å². The Kier molecular flexibility index (Phi) is 7.46. The second-order valence-electron chi connectivity index (χ2n) is 10.5. The van der Waals surface area contributed by atoms with Gasteiger partial charge in [0.2, 0.25) is 5.91 Å². The van der Waals surface area contributed by atoms with E-state index in [2.05, 4.69) is 22.3 Å². The number of anilines is 1. The number of urea groups is 1. The zero-order valence-electron chi connectivity index (χ0n) is 22.9. The molecule has 0 saturated carbocycles. The predicted octanol–water partition coefficient (Wildman–Crippen LogP) is 3.41. The smallest absolute Gasteiger partial charge is 0.342 e. The van der Waals surface area contributed by atoms with Crippen molar-refractivity contribution in [3.8, 4) is 11.8 Å². The molecule has 0 bridgehead atoms. The first-order valence-corrected chi connectivity index (χ1v) is 13.8. The largest absolute Gasteiger partial charge is 0.489 e. The Hall–Kier alpha value is -4.95. The van der Waals surface area contributed by atoms with Gasteiger partial charge >= 0.3 is 6.03 Å². The lowest BCUT2D eigenvalue weighted by Gasteiger charge is -2.36. The summed E-state index contributed by atoms with van der Waals surface area (Å²) in [5.74, 6) is -0.434. The molecule has 0 spiro atoms. The first-order chi connectivity index (χ1) is 20.4. The van der Waals surface area contributed by atoms with E-state index in [0.717, 1.165) is 30.8 Å². The van der Waals surface area contributed by atoms with Gasteiger partial charge in [-0.1, -0.05) is 30.3 Å². The van der Waals surface area contributed by atoms with Crippen LogP contribution in [0.25, 0.3) is 0 Å². The van der Waals surface area contributed by atoms with Crippen LogP contribution < -0.4 is 15.0 Å². The average molecular weight is 569 g/mol. The lowest BCUT2D eigenvalue weighted by molar-refractivity contribution is -0.123. The lowest BCUT2D eigenvalue weighted by Crippen LogP contribution is -2.56. The van der Waals surface area contributed by atoms with Crippen molar-refractivity contribution in [3.63, 3.8) is 0 Å². The standard InChI is InChI=1S/C31H29FN6O4/c32-26-16-23(17-33)8-9-27(26)36-14-12-35(13-15-36)18-21-4-6-22(7-5-21)20-42-28-3-1-2-24-25(28)19-38(30(24)40)37-11-10-29(39)34-31(37)41/h1-9,16H,10-15,18-20H2,(H,34,39,41). The summed E-state index contributed by atoms with van der Waals surface area (Å²) < 4.78 is 20.5. The van der Waals surface area contributed by atoms with Gasteiger partial charge in [0.05, 0.1) is 36.0 Å². The highest BCUT2D eigenvalue weighted by Gasteiger charge is 2.38. The van der Waals surface area contributed by atoms with Crippen LogP contribution in [0.5, 0.6) is 5.75 Å². The monoisotopic (exact) mass is 568 g/mol. The van der Waals surface area contributed by atoms with Crippen molar-refractivity contribution >= 4 is 23.5 Å². The van der Waals surface area contributed by atoms with Crippen molar-refractivity contribution in [1.82, 2.24) is 20.2 Å². The van der Waals surface area contributed by atoms with Crippen molar-refractivity contribution in [2.45, 2.75) is 26.1 Å². The molecule has 214 valence electrons. The number of amides is 4. The molecule has 10 nitrogen and oxygen atoms in total. The molecular weight excluding hydrogens is 539 g/mol. The highest BCUT2D eigenvalue weighted by Crippen LogP contribution is 2.33. The number of nitrogens with zero attached hydrogens (tertiary/aromatic N) is 5. The molecule has 42 heavy (non-hydrogen) atoms. The fourth-order valence-corrected chi connectivity index (χ4v) is 5.55. The number of carbonyl (C=O) groups excluding carboxylic acids is 3. The predicted molar refractivity (Wildman–Crippen MR) is 151 cm³/mol. The maximum absolute atomic E-state index is 14.4. The number of ether oxygens (including phenoxy) is 1. The van der Waals surface area contributed by atoms with Crippen LogP contribution >= 0.6 is 0 Å². The summed E-state index contributed by atoms with van der Waals surface area (Å²) in [4.78, 5) is 41.2. The maximum Gasteiger partial charge on any atom is 0.342 e. The molecule has 0 unspecified atom stereocenters. The Morgan fingerprint density at radius 2 is 1.67 bits per heavy atom. The van der Waals surface area contributed by atoms with Crippen LogP contribution in [0.2, 0.25) is 0 Å². The van der Waals surface area contributed by atoms with Gasteiger partial charge in [0.1, 0.15) is 18.2 Å². The number of piperazine rings is 1. The van der Waals surface area contributed by atoms with Gasteiger partial charge in [0, 0.05) is 44.7 Å². The average Bonchev–Trinajstić information content (AvgIpc) is 3.33. The lowest BCUT2D eigenvalue weighted by atomic mass is 10.1. The minimum Gasteiger partial charge on any atom is -0.489 e. The molecule has 3 aliphatic heterocycles. The summed E-state index contributed by atoms with van der Waals surface area (Å²) in [6.07, 6.45) is 0.139. The molecule has 3 aliphatic rings. The summed E-state index contributed by atoms with van der Waals surface area (Å²) in [6.45, 7) is 4.45. The number of fused-ring (bicyclic) bond motifs is 1. The fraction of sp³-hybridized carbons (Fsp3) is 0.290. The molecule has 0 aliphatic carbocycles. The van der Waals surface area contributed by atoms with Crippen LogP contribution in [0, 0.1) is 17.1 Å². The normalized spacial score (nSPS) is 17.2. The van der Waals surface area contributed by atoms with E-state index in [1.54, 1.807) is 24.3 Å². The number of nitriles is 1. The van der Waals surface area contributed by atoms with E-state index in [0.29, 0.717) is 47.8 Å². The number of hydrazine groups is 1. The van der Waals surface area contributed by atoms with Crippen molar-refractivity contribution in [3.05, 3.63) is 94.3 Å². The number of halogens is 1. The van der Waals surface area contributed by atoms with E-state index in [4.69, 9.17) is 10.00 Å². The molecule has 3 heterocycles. The van der Waals surface area contributed by atoms with Crippen LogP contribution in [-0.2, 0) is 24.5 Å². The number of carbonyl (C=O) groups is 3. The summed E-state index contributed by atoms with van der Waals surface area (Å²) in [6, 6.07) is 19.5. The third kappa shape index (κ3) is 5.49. The van der Waals surface area contributed by atoms with E-state index < -0.39 is 6.03 Å². The number of nitrogens with one attached hydrogen (secondary N) is 1. The molecule has 2 fully saturated rings. The van der Waals surface area contributed by atoms with Gasteiger partial charge in [-0.15, -0.1) is 0 Å². The van der Waals surface area contributed by atoms with Crippen LogP contribution in [0.3, 0.4) is 0 Å². The minimum atomic E-state index is -0.600. The number of hydrogen-bond acceptors (Lipinski definition) is 7. The maximum atomic E-state index is 14.4. The van der Waals surface area contributed by atoms with Gasteiger partial charge in [-0.3, -0.25) is 19.8 Å². The van der Waals surface area contributed by atoms with E-state index in [1.165, 1.54) is 16.1 Å². The Bertz CT molecular complexity index is 1580. The second kappa shape index (κ2) is 11.5. The summed E-state index contributed by atoms with van der Waals surface area (Å²) in [5.41, 5.74) is 4.19. The minimum absolute atomic E-state index is 0.139. The fourth-order valence-electron chi connectivity index (χ4n) is 5.55. The van der Waals surface area contributed by atoms with Crippen molar-refractivity contribution < 1.29 is 23.5 Å². The Morgan fingerprint density at radius 1 is 0.905 bits per heavy atom. The number of imide groups is 1. The molecule has 0 atom stereocenters. The zero-order chi connectivity index (χ0) is 29.2. The van der Waals surface area contributed by atoms with Crippen molar-refractivity contribution in [2.24, 2.45) is 0 Å². The van der Waals surface area contributed by atoms with E-state index >= 15 is 0 Å². The first kappa shape index (κ1) is 27.2. The third-order valence-corrected chi connectivity index (χ3v) is 7.84. The number of rotatable bonds is 7. The quantitative estimate of drug-likeness (QED) is 0.465. The number of benzene rings is 3. The molecule has 0 radical (unpaired) electrons. The first-order valence-electron chi connectivity index (χ1n) is 13.8. The molecule has 3 aromatic rings. The van der Waals surface area contributed by atoms with Gasteiger partial charge in [0.15, 0.2) is 0 Å². The Balaban J connectivity index is 1.02. The molecule has 3 aromatic carbocycles. The summed E-state index contributed by atoms with van der Waals surface area (Å²) in [7, 11) is 0. The van der Waals surface area contributed by atoms with Gasteiger partial charge in [-0.2, -0.15) is 5.26 Å². The van der Waals surface area contributed by atoms with Crippen LogP contribution in [0.1, 0.15) is 39.0 Å². The van der Waals surface area contributed by atoms with Crippen molar-refractivity contribution in [2.75, 3.05) is 37.6 Å². The topological polar surface area (TPSA) is 109 Å². The van der Waals surface area contributed by atoms with E-state index in [-0.39, 0.29) is 37.1 Å². The summed E-state index contributed by atoms with van der Waals surface area (Å²) >= 11 is 0. The number of hydrogen-bond donors (Lipinski definition) is 1. The van der Waals surface area contributed by atoms with Gasteiger partial charge < -0.3 is 9.64 Å². The van der Waals surface area contributed by atoms with Gasteiger partial charge in [-0.25, -0.2) is 19.2 Å². The zero-order valence-corrected chi connectivity index (χ0v) is 22.9. The molecule has 6 rings (SSSR count). The molecule has 4 amide bonds. The Labute approximate surface area is 242 Å². The highest BCUT2D eigenvalue weighted by atomic mass is 19.1. The van der Waals surface area contributed by atoms with Crippen LogP contribution in [-0.4, -0.2) is 65.5 Å². The molecule has 11 heteroatoms. The van der Waals surface area contributed by atoms with Gasteiger partial charge in [-0.05, 0) is 41.5 Å². The SMILES string of the molecule is N#Cc1ccc(N2CCN(Cc3ccc(COc4cccc5c4CN(N4CCC(=O)NC4=O)C5=O)cc3)CC2)c(F)c1. The summed E-state index contributed by atoms with van der Waals surface area (Å²) in [5, 5.41) is 13.9. The van der Waals surface area contributed by atoms with Gasteiger partial charge in [0.25, 0.3) is 5.91 Å². The van der Waals surface area contributed by atoms with E-state index in [1.807, 2.05) is 29.2 Å². The molecule has 1 N–H and O–H groups in total. The second-order valence-corrected chi connectivity index (χ2v) is 10.5. The molecule has 2 saturated heterocycles.